The molecule has 0 unspecified atom stereocenters. The number of halogens is 6. The Morgan fingerprint density at radius 3 is 1.88 bits per heavy atom. The summed E-state index contributed by atoms with van der Waals surface area (Å²) in [5.41, 5.74) is -4.25. The molecule has 1 rings (SSSR count). The van der Waals surface area contributed by atoms with Crippen LogP contribution in [0.1, 0.15) is 22.3 Å². The molecule has 0 bridgehead atoms. The molecule has 0 radical (unpaired) electrons. The second kappa shape index (κ2) is 4.21. The van der Waals surface area contributed by atoms with E-state index in [0.29, 0.717) is 6.07 Å². The van der Waals surface area contributed by atoms with Crippen LogP contribution < -0.4 is 0 Å². The molecule has 0 spiro atoms. The molecular formula is C10H8F6O. The molecule has 17 heavy (non-hydrogen) atoms. The summed E-state index contributed by atoms with van der Waals surface area (Å²) < 4.78 is 75.0. The number of alkyl halides is 6. The van der Waals surface area contributed by atoms with Crippen molar-refractivity contribution in [3.8, 4) is 0 Å². The van der Waals surface area contributed by atoms with E-state index in [4.69, 9.17) is 5.11 Å². The Labute approximate surface area is 92.7 Å². The van der Waals surface area contributed by atoms with Crippen LogP contribution in [0.3, 0.4) is 0 Å². The fourth-order valence-electron chi connectivity index (χ4n) is 1.53. The number of hydrogen-bond donors (Lipinski definition) is 1. The van der Waals surface area contributed by atoms with Crippen molar-refractivity contribution in [3.63, 3.8) is 0 Å². The number of hydrogen-bond acceptors (Lipinski definition) is 1. The Bertz CT molecular complexity index is 418. The van der Waals surface area contributed by atoms with Gasteiger partial charge >= 0.3 is 12.4 Å². The van der Waals surface area contributed by atoms with Gasteiger partial charge in [0, 0.05) is 0 Å². The predicted molar refractivity (Wildman–Crippen MR) is 47.1 cm³/mol. The van der Waals surface area contributed by atoms with Gasteiger partial charge in [0.25, 0.3) is 0 Å². The predicted octanol–water partition coefficient (Wildman–Crippen LogP) is 3.52. The van der Waals surface area contributed by atoms with Gasteiger partial charge in [0.05, 0.1) is 17.7 Å². The molecule has 0 aliphatic heterocycles. The topological polar surface area (TPSA) is 20.2 Å². The first-order valence-corrected chi connectivity index (χ1v) is 4.46. The minimum absolute atomic E-state index is 0.176. The minimum Gasteiger partial charge on any atom is -0.392 e. The van der Waals surface area contributed by atoms with E-state index >= 15 is 0 Å². The van der Waals surface area contributed by atoms with Crippen molar-refractivity contribution in [3.05, 3.63) is 34.4 Å². The summed E-state index contributed by atoms with van der Waals surface area (Å²) in [5.74, 6) is 0. The smallest absolute Gasteiger partial charge is 0.392 e. The summed E-state index contributed by atoms with van der Waals surface area (Å²) in [6.07, 6.45) is -10.2. The van der Waals surface area contributed by atoms with Crippen molar-refractivity contribution in [1.82, 2.24) is 0 Å². The highest BCUT2D eigenvalue weighted by atomic mass is 19.4. The molecule has 1 aromatic carbocycles. The summed E-state index contributed by atoms with van der Waals surface area (Å²) in [5, 5.41) is 8.75. The Balaban J connectivity index is 3.59. The first-order valence-electron chi connectivity index (χ1n) is 4.46. The fourth-order valence-corrected chi connectivity index (χ4v) is 1.53. The molecule has 1 nitrogen and oxygen atoms in total. The third kappa shape index (κ3) is 2.71. The lowest BCUT2D eigenvalue weighted by atomic mass is 9.96. The second-order valence-electron chi connectivity index (χ2n) is 3.43. The highest BCUT2D eigenvalue weighted by molar-refractivity contribution is 5.43. The van der Waals surface area contributed by atoms with Gasteiger partial charge in [-0.2, -0.15) is 26.3 Å². The monoisotopic (exact) mass is 258 g/mol. The van der Waals surface area contributed by atoms with Crippen molar-refractivity contribution in [2.24, 2.45) is 0 Å². The van der Waals surface area contributed by atoms with Crippen LogP contribution in [0.5, 0.6) is 0 Å². The van der Waals surface area contributed by atoms with Crippen LogP contribution in [-0.2, 0) is 19.0 Å². The average molecular weight is 258 g/mol. The van der Waals surface area contributed by atoms with Gasteiger partial charge in [-0.3, -0.25) is 0 Å². The molecule has 0 heterocycles. The van der Waals surface area contributed by atoms with Crippen LogP contribution in [0.2, 0.25) is 0 Å². The average Bonchev–Trinajstić information content (AvgIpc) is 2.13. The number of aliphatic hydroxyl groups excluding tert-OH is 1. The zero-order valence-electron chi connectivity index (χ0n) is 8.58. The van der Waals surface area contributed by atoms with Gasteiger partial charge in [-0.05, 0) is 24.1 Å². The Morgan fingerprint density at radius 2 is 1.53 bits per heavy atom. The summed E-state index contributed by atoms with van der Waals surface area (Å²) in [6.45, 7) is 0.163. The normalized spacial score (nSPS) is 12.9. The van der Waals surface area contributed by atoms with E-state index in [1.54, 1.807) is 0 Å². The standard InChI is InChI=1S/C10H8F6O/c1-5-6(4-17)2-3-7(9(11,12)13)8(5)10(14,15)16/h2-3,17H,4H2,1H3. The minimum atomic E-state index is -5.11. The van der Waals surface area contributed by atoms with Gasteiger partial charge in [-0.25, -0.2) is 0 Å². The molecule has 0 amide bonds. The first-order chi connectivity index (χ1) is 7.59. The molecular weight excluding hydrogens is 250 g/mol. The summed E-state index contributed by atoms with van der Waals surface area (Å²) >= 11 is 0. The van der Waals surface area contributed by atoms with E-state index in [9.17, 15) is 26.3 Å². The maximum atomic E-state index is 12.6. The molecule has 0 aromatic heterocycles. The molecule has 0 atom stereocenters. The van der Waals surface area contributed by atoms with Gasteiger partial charge in [-0.1, -0.05) is 6.07 Å². The first kappa shape index (κ1) is 13.8. The number of aliphatic hydroxyl groups is 1. The lowest BCUT2D eigenvalue weighted by Gasteiger charge is -2.19. The molecule has 7 heteroatoms. The van der Waals surface area contributed by atoms with E-state index in [1.807, 2.05) is 0 Å². The number of benzene rings is 1. The van der Waals surface area contributed by atoms with Gasteiger partial charge in [-0.15, -0.1) is 0 Å². The van der Waals surface area contributed by atoms with Crippen molar-refractivity contribution in [2.75, 3.05) is 0 Å². The third-order valence-electron chi connectivity index (χ3n) is 2.34. The van der Waals surface area contributed by atoms with Crippen LogP contribution in [0, 0.1) is 6.92 Å². The molecule has 96 valence electrons. The molecule has 0 saturated heterocycles. The van der Waals surface area contributed by atoms with E-state index in [2.05, 4.69) is 0 Å². The zero-order chi connectivity index (χ0) is 13.4. The SMILES string of the molecule is Cc1c(CO)ccc(C(F)(F)F)c1C(F)(F)F. The maximum Gasteiger partial charge on any atom is 0.417 e. The molecule has 0 fully saturated rings. The van der Waals surface area contributed by atoms with Crippen molar-refractivity contribution < 1.29 is 31.4 Å². The molecule has 0 aliphatic carbocycles. The van der Waals surface area contributed by atoms with Gasteiger partial charge < -0.3 is 5.11 Å². The Morgan fingerprint density at radius 1 is 1.00 bits per heavy atom. The van der Waals surface area contributed by atoms with Gasteiger partial charge in [0.1, 0.15) is 0 Å². The van der Waals surface area contributed by atoms with Crippen molar-refractivity contribution in [1.29, 1.82) is 0 Å². The summed E-state index contributed by atoms with van der Waals surface area (Å²) in [7, 11) is 0. The van der Waals surface area contributed by atoms with Gasteiger partial charge in [0.2, 0.25) is 0 Å². The summed E-state index contributed by atoms with van der Waals surface area (Å²) in [4.78, 5) is 0. The molecule has 1 aromatic rings. The second-order valence-corrected chi connectivity index (χ2v) is 3.43. The highest BCUT2D eigenvalue weighted by Crippen LogP contribution is 2.42. The zero-order valence-corrected chi connectivity index (χ0v) is 8.58. The lowest BCUT2D eigenvalue weighted by molar-refractivity contribution is -0.162. The quantitative estimate of drug-likeness (QED) is 0.764. The van der Waals surface area contributed by atoms with E-state index in [0.717, 1.165) is 13.0 Å². The Kier molecular flexibility index (Phi) is 3.42. The van der Waals surface area contributed by atoms with E-state index in [-0.39, 0.29) is 5.56 Å². The van der Waals surface area contributed by atoms with E-state index in [1.165, 1.54) is 0 Å². The Hall–Kier alpha value is -1.24. The number of rotatable bonds is 1. The maximum absolute atomic E-state index is 12.6. The molecule has 0 aliphatic rings. The van der Waals surface area contributed by atoms with Crippen LogP contribution in [0.4, 0.5) is 26.3 Å². The van der Waals surface area contributed by atoms with Crippen molar-refractivity contribution >= 4 is 0 Å². The fraction of sp³-hybridized carbons (Fsp3) is 0.400. The molecule has 0 saturated carbocycles. The van der Waals surface area contributed by atoms with Crippen LogP contribution in [0.25, 0.3) is 0 Å². The van der Waals surface area contributed by atoms with Crippen LogP contribution in [0.15, 0.2) is 12.1 Å². The van der Waals surface area contributed by atoms with Crippen LogP contribution in [-0.4, -0.2) is 5.11 Å². The van der Waals surface area contributed by atoms with E-state index < -0.39 is 35.6 Å². The van der Waals surface area contributed by atoms with Gasteiger partial charge in [0.15, 0.2) is 0 Å². The largest absolute Gasteiger partial charge is 0.417 e. The highest BCUT2D eigenvalue weighted by Gasteiger charge is 2.44. The lowest BCUT2D eigenvalue weighted by Crippen LogP contribution is -2.19. The summed E-state index contributed by atoms with van der Waals surface area (Å²) in [6, 6.07) is 1.18. The third-order valence-corrected chi connectivity index (χ3v) is 2.34. The molecule has 1 N–H and O–H groups in total. The van der Waals surface area contributed by atoms with Crippen LogP contribution >= 0.6 is 0 Å². The van der Waals surface area contributed by atoms with Crippen molar-refractivity contribution in [2.45, 2.75) is 25.9 Å².